The summed E-state index contributed by atoms with van der Waals surface area (Å²) in [6, 6.07) is 16.1. The molecular formula is C23H25N5O. The molecule has 0 radical (unpaired) electrons. The molecule has 1 amide bonds. The molecule has 1 aromatic carbocycles. The highest BCUT2D eigenvalue weighted by molar-refractivity contribution is 5.79. The Morgan fingerprint density at radius 2 is 1.72 bits per heavy atom. The number of hydrogen-bond acceptors (Lipinski definition) is 5. The minimum atomic E-state index is 0.0562. The maximum atomic E-state index is 12.5. The zero-order chi connectivity index (χ0) is 20.1. The van der Waals surface area contributed by atoms with Gasteiger partial charge in [-0.2, -0.15) is 0 Å². The Morgan fingerprint density at radius 3 is 2.38 bits per heavy atom. The first-order valence-corrected chi connectivity index (χ1v) is 10.0. The molecule has 3 aromatic rings. The summed E-state index contributed by atoms with van der Waals surface area (Å²) >= 11 is 0. The average molecular weight is 387 g/mol. The van der Waals surface area contributed by atoms with Crippen molar-refractivity contribution in [3.8, 4) is 11.3 Å². The van der Waals surface area contributed by atoms with Crippen molar-refractivity contribution in [2.24, 2.45) is 5.92 Å². The van der Waals surface area contributed by atoms with Crippen molar-refractivity contribution >= 4 is 11.7 Å². The largest absolute Gasteiger partial charge is 0.355 e. The smallest absolute Gasteiger partial charge is 0.223 e. The van der Waals surface area contributed by atoms with Gasteiger partial charge in [-0.1, -0.05) is 29.8 Å². The van der Waals surface area contributed by atoms with Crippen LogP contribution >= 0.6 is 0 Å². The SMILES string of the molecule is Cc1ccc(CNC(=O)C2CCN(c3ccc(-c4ccncc4)nn3)CC2)cc1. The number of aryl methyl sites for hydroxylation is 1. The summed E-state index contributed by atoms with van der Waals surface area (Å²) < 4.78 is 0. The summed E-state index contributed by atoms with van der Waals surface area (Å²) in [5.41, 5.74) is 4.19. The minimum Gasteiger partial charge on any atom is -0.355 e. The number of nitrogens with one attached hydrogen (secondary N) is 1. The van der Waals surface area contributed by atoms with Crippen molar-refractivity contribution in [1.29, 1.82) is 0 Å². The second-order valence-corrected chi connectivity index (χ2v) is 7.48. The molecule has 29 heavy (non-hydrogen) atoms. The van der Waals surface area contributed by atoms with E-state index < -0.39 is 0 Å². The molecule has 1 aliphatic heterocycles. The van der Waals surface area contributed by atoms with Crippen molar-refractivity contribution in [3.63, 3.8) is 0 Å². The molecule has 1 saturated heterocycles. The van der Waals surface area contributed by atoms with Gasteiger partial charge in [0.15, 0.2) is 5.82 Å². The Balaban J connectivity index is 1.28. The molecule has 6 heteroatoms. The van der Waals surface area contributed by atoms with E-state index in [9.17, 15) is 4.79 Å². The Kier molecular flexibility index (Phi) is 5.79. The van der Waals surface area contributed by atoms with Gasteiger partial charge in [-0.15, -0.1) is 10.2 Å². The van der Waals surface area contributed by atoms with Crippen LogP contribution < -0.4 is 10.2 Å². The van der Waals surface area contributed by atoms with E-state index in [1.807, 2.05) is 24.3 Å². The van der Waals surface area contributed by atoms with Gasteiger partial charge in [0.1, 0.15) is 0 Å². The first kappa shape index (κ1) is 19.1. The standard InChI is InChI=1S/C23H25N5O/c1-17-2-4-18(5-3-17)16-25-23(29)20-10-14-28(15-11-20)22-7-6-21(26-27-22)19-8-12-24-13-9-19/h2-9,12-13,20H,10-11,14-16H2,1H3,(H,25,29). The van der Waals surface area contributed by atoms with Crippen LogP contribution in [0.2, 0.25) is 0 Å². The van der Waals surface area contributed by atoms with Crippen molar-refractivity contribution in [2.75, 3.05) is 18.0 Å². The van der Waals surface area contributed by atoms with Crippen LogP contribution in [0, 0.1) is 12.8 Å². The predicted octanol–water partition coefficient (Wildman–Crippen LogP) is 3.38. The molecule has 148 valence electrons. The van der Waals surface area contributed by atoms with Crippen LogP contribution in [0.15, 0.2) is 60.9 Å². The predicted molar refractivity (Wildman–Crippen MR) is 113 cm³/mol. The van der Waals surface area contributed by atoms with Gasteiger partial charge in [0.2, 0.25) is 5.91 Å². The number of carbonyl (C=O) groups excluding carboxylic acids is 1. The van der Waals surface area contributed by atoms with E-state index in [2.05, 4.69) is 56.6 Å². The van der Waals surface area contributed by atoms with Crippen LogP contribution in [0.5, 0.6) is 0 Å². The monoisotopic (exact) mass is 387 g/mol. The maximum Gasteiger partial charge on any atom is 0.223 e. The Bertz CT molecular complexity index is 933. The molecule has 3 heterocycles. The summed E-state index contributed by atoms with van der Waals surface area (Å²) in [7, 11) is 0. The van der Waals surface area contributed by atoms with Crippen LogP contribution in [0.3, 0.4) is 0 Å². The average Bonchev–Trinajstić information content (AvgIpc) is 2.79. The summed E-state index contributed by atoms with van der Waals surface area (Å²) in [5.74, 6) is 1.06. The Hall–Kier alpha value is -3.28. The highest BCUT2D eigenvalue weighted by Gasteiger charge is 2.25. The highest BCUT2D eigenvalue weighted by Crippen LogP contribution is 2.23. The summed E-state index contributed by atoms with van der Waals surface area (Å²) in [5, 5.41) is 11.8. The fourth-order valence-corrected chi connectivity index (χ4v) is 3.58. The molecule has 1 N–H and O–H groups in total. The lowest BCUT2D eigenvalue weighted by Gasteiger charge is -2.31. The zero-order valence-corrected chi connectivity index (χ0v) is 16.6. The van der Waals surface area contributed by atoms with Gasteiger partial charge in [-0.3, -0.25) is 9.78 Å². The van der Waals surface area contributed by atoms with Gasteiger partial charge in [0.25, 0.3) is 0 Å². The third kappa shape index (κ3) is 4.77. The molecule has 1 aliphatic rings. The number of aromatic nitrogens is 3. The van der Waals surface area contributed by atoms with E-state index in [1.165, 1.54) is 5.56 Å². The van der Waals surface area contributed by atoms with Crippen LogP contribution in [0.25, 0.3) is 11.3 Å². The van der Waals surface area contributed by atoms with Crippen molar-refractivity contribution in [2.45, 2.75) is 26.3 Å². The number of rotatable bonds is 5. The molecule has 0 aliphatic carbocycles. The lowest BCUT2D eigenvalue weighted by atomic mass is 9.96. The molecule has 0 saturated carbocycles. The van der Waals surface area contributed by atoms with Crippen LogP contribution in [-0.2, 0) is 11.3 Å². The first-order valence-electron chi connectivity index (χ1n) is 10.0. The van der Waals surface area contributed by atoms with Crippen LogP contribution in [-0.4, -0.2) is 34.2 Å². The number of nitrogens with zero attached hydrogens (tertiary/aromatic N) is 4. The van der Waals surface area contributed by atoms with E-state index in [1.54, 1.807) is 12.4 Å². The second-order valence-electron chi connectivity index (χ2n) is 7.48. The molecular weight excluding hydrogens is 362 g/mol. The maximum absolute atomic E-state index is 12.5. The quantitative estimate of drug-likeness (QED) is 0.727. The summed E-state index contributed by atoms with van der Waals surface area (Å²) in [4.78, 5) is 18.7. The van der Waals surface area contributed by atoms with E-state index in [0.29, 0.717) is 6.54 Å². The van der Waals surface area contributed by atoms with Crippen molar-refractivity contribution in [1.82, 2.24) is 20.5 Å². The summed E-state index contributed by atoms with van der Waals surface area (Å²) in [6.45, 7) is 4.27. The molecule has 1 fully saturated rings. The number of amides is 1. The van der Waals surface area contributed by atoms with E-state index in [4.69, 9.17) is 0 Å². The number of anilines is 1. The number of carbonyl (C=O) groups is 1. The zero-order valence-electron chi connectivity index (χ0n) is 16.6. The van der Waals surface area contributed by atoms with E-state index in [0.717, 1.165) is 48.6 Å². The van der Waals surface area contributed by atoms with Gasteiger partial charge in [-0.05, 0) is 49.6 Å². The third-order valence-corrected chi connectivity index (χ3v) is 5.40. The molecule has 0 unspecified atom stereocenters. The Morgan fingerprint density at radius 1 is 1.00 bits per heavy atom. The number of hydrogen-bond donors (Lipinski definition) is 1. The normalized spacial score (nSPS) is 14.6. The first-order chi connectivity index (χ1) is 14.2. The molecule has 4 rings (SSSR count). The number of pyridine rings is 1. The Labute approximate surface area is 171 Å². The molecule has 6 nitrogen and oxygen atoms in total. The van der Waals surface area contributed by atoms with Gasteiger partial charge in [0.05, 0.1) is 5.69 Å². The van der Waals surface area contributed by atoms with E-state index >= 15 is 0 Å². The van der Waals surface area contributed by atoms with Gasteiger partial charge in [-0.25, -0.2) is 0 Å². The number of piperidine rings is 1. The lowest BCUT2D eigenvalue weighted by Crippen LogP contribution is -2.40. The van der Waals surface area contributed by atoms with Crippen molar-refractivity contribution < 1.29 is 4.79 Å². The van der Waals surface area contributed by atoms with Crippen molar-refractivity contribution in [3.05, 3.63) is 72.1 Å². The molecule has 0 bridgehead atoms. The second kappa shape index (κ2) is 8.82. The topological polar surface area (TPSA) is 71.0 Å². The van der Waals surface area contributed by atoms with Crippen LogP contribution in [0.4, 0.5) is 5.82 Å². The van der Waals surface area contributed by atoms with Gasteiger partial charge >= 0.3 is 0 Å². The fourth-order valence-electron chi connectivity index (χ4n) is 3.58. The van der Waals surface area contributed by atoms with Crippen LogP contribution in [0.1, 0.15) is 24.0 Å². The van der Waals surface area contributed by atoms with Gasteiger partial charge in [0, 0.05) is 43.5 Å². The van der Waals surface area contributed by atoms with Gasteiger partial charge < -0.3 is 10.2 Å². The molecule has 0 atom stereocenters. The lowest BCUT2D eigenvalue weighted by molar-refractivity contribution is -0.125. The van der Waals surface area contributed by atoms with E-state index in [-0.39, 0.29) is 11.8 Å². The highest BCUT2D eigenvalue weighted by atomic mass is 16.1. The summed E-state index contributed by atoms with van der Waals surface area (Å²) in [6.07, 6.45) is 5.15. The molecule has 2 aromatic heterocycles. The fraction of sp³-hybridized carbons (Fsp3) is 0.304. The number of benzene rings is 1. The minimum absolute atomic E-state index is 0.0562. The molecule has 0 spiro atoms. The third-order valence-electron chi connectivity index (χ3n) is 5.40.